The van der Waals surface area contributed by atoms with Gasteiger partial charge in [0.2, 0.25) is 5.91 Å². The highest BCUT2D eigenvalue weighted by molar-refractivity contribution is 6.36. The Kier molecular flexibility index (Phi) is 6.76. The molecular formula is C14H20Cl2N2O2. The molecule has 4 N–H and O–H groups in total. The molecule has 0 aliphatic rings. The maximum atomic E-state index is 11.8. The van der Waals surface area contributed by atoms with Crippen LogP contribution in [-0.2, 0) is 4.79 Å². The van der Waals surface area contributed by atoms with Crippen molar-refractivity contribution >= 4 is 29.1 Å². The number of halogens is 2. The van der Waals surface area contributed by atoms with Crippen molar-refractivity contribution in [1.82, 2.24) is 5.32 Å². The van der Waals surface area contributed by atoms with Crippen molar-refractivity contribution in [2.45, 2.75) is 32.4 Å². The number of aliphatic hydroxyl groups excluding tert-OH is 1. The Morgan fingerprint density at radius 1 is 1.35 bits per heavy atom. The number of carbonyl (C=O) groups is 1. The molecular weight excluding hydrogens is 299 g/mol. The van der Waals surface area contributed by atoms with Crippen LogP contribution in [-0.4, -0.2) is 23.6 Å². The Balaban J connectivity index is 2.59. The van der Waals surface area contributed by atoms with Crippen LogP contribution < -0.4 is 11.1 Å². The zero-order chi connectivity index (χ0) is 15.3. The minimum atomic E-state index is -0.966. The van der Waals surface area contributed by atoms with E-state index in [-0.39, 0.29) is 12.5 Å². The van der Waals surface area contributed by atoms with Gasteiger partial charge in [-0.05, 0) is 24.5 Å². The first-order valence-electron chi connectivity index (χ1n) is 6.48. The van der Waals surface area contributed by atoms with E-state index in [1.165, 1.54) is 0 Å². The third-order valence-electron chi connectivity index (χ3n) is 2.86. The van der Waals surface area contributed by atoms with Gasteiger partial charge in [-0.2, -0.15) is 0 Å². The van der Waals surface area contributed by atoms with Gasteiger partial charge in [0.15, 0.2) is 0 Å². The summed E-state index contributed by atoms with van der Waals surface area (Å²) in [5.74, 6) is 0.0413. The lowest BCUT2D eigenvalue weighted by Gasteiger charge is -2.18. The maximum absolute atomic E-state index is 11.8. The number of rotatable bonds is 6. The molecule has 1 rings (SSSR count). The molecule has 0 aliphatic carbocycles. The van der Waals surface area contributed by atoms with Crippen LogP contribution in [0.5, 0.6) is 0 Å². The van der Waals surface area contributed by atoms with Crippen LogP contribution in [0.1, 0.15) is 31.9 Å². The summed E-state index contributed by atoms with van der Waals surface area (Å²) >= 11 is 12.0. The van der Waals surface area contributed by atoms with Crippen molar-refractivity contribution in [2.24, 2.45) is 11.7 Å². The van der Waals surface area contributed by atoms with Gasteiger partial charge in [0.05, 0.1) is 12.1 Å². The Labute approximate surface area is 129 Å². The maximum Gasteiger partial charge on any atom is 0.237 e. The molecule has 1 aromatic carbocycles. The van der Waals surface area contributed by atoms with E-state index < -0.39 is 12.1 Å². The minimum Gasteiger partial charge on any atom is -0.386 e. The van der Waals surface area contributed by atoms with Gasteiger partial charge in [-0.15, -0.1) is 0 Å². The molecule has 1 amide bonds. The van der Waals surface area contributed by atoms with Gasteiger partial charge in [0.25, 0.3) is 0 Å². The smallest absolute Gasteiger partial charge is 0.237 e. The van der Waals surface area contributed by atoms with E-state index >= 15 is 0 Å². The van der Waals surface area contributed by atoms with Crippen LogP contribution in [0.2, 0.25) is 10.0 Å². The summed E-state index contributed by atoms with van der Waals surface area (Å²) in [5, 5.41) is 13.4. The molecule has 2 atom stereocenters. The monoisotopic (exact) mass is 318 g/mol. The number of nitrogens with one attached hydrogen (secondary N) is 1. The fourth-order valence-corrected chi connectivity index (χ4v) is 2.52. The normalized spacial score (nSPS) is 14.2. The second kappa shape index (κ2) is 7.84. The van der Waals surface area contributed by atoms with Gasteiger partial charge in [0.1, 0.15) is 0 Å². The highest BCUT2D eigenvalue weighted by atomic mass is 35.5. The summed E-state index contributed by atoms with van der Waals surface area (Å²) in [4.78, 5) is 11.8. The summed E-state index contributed by atoms with van der Waals surface area (Å²) in [6.07, 6.45) is -0.374. The molecule has 112 valence electrons. The van der Waals surface area contributed by atoms with Gasteiger partial charge in [0, 0.05) is 22.2 Å². The summed E-state index contributed by atoms with van der Waals surface area (Å²) < 4.78 is 0. The highest BCUT2D eigenvalue weighted by Gasteiger charge is 2.19. The van der Waals surface area contributed by atoms with Crippen LogP contribution >= 0.6 is 23.2 Å². The molecule has 1 aromatic rings. The Hall–Kier alpha value is -0.810. The van der Waals surface area contributed by atoms with Crippen molar-refractivity contribution in [3.63, 3.8) is 0 Å². The molecule has 6 heteroatoms. The molecule has 0 heterocycles. The number of hydrogen-bond donors (Lipinski definition) is 3. The zero-order valence-corrected chi connectivity index (χ0v) is 13.1. The van der Waals surface area contributed by atoms with Crippen LogP contribution in [0.25, 0.3) is 0 Å². The second-order valence-corrected chi connectivity index (χ2v) is 5.95. The molecule has 1 unspecified atom stereocenters. The quantitative estimate of drug-likeness (QED) is 0.754. The number of amides is 1. The van der Waals surface area contributed by atoms with E-state index in [9.17, 15) is 9.90 Å². The molecule has 0 aromatic heterocycles. The summed E-state index contributed by atoms with van der Waals surface area (Å²) in [6, 6.07) is 4.39. The molecule has 0 fully saturated rings. The summed E-state index contributed by atoms with van der Waals surface area (Å²) in [7, 11) is 0. The first-order chi connectivity index (χ1) is 9.32. The molecule has 0 aliphatic heterocycles. The molecule has 4 nitrogen and oxygen atoms in total. The number of carbonyl (C=O) groups excluding carboxylic acids is 1. The standard InChI is InChI=1S/C14H20Cl2N2O2/c1-8(2)6-11(17)14(20)18-7-12(19)13-9(15)4-3-5-10(13)16/h3-5,8,11-12,19H,6-7,17H2,1-2H3,(H,18,20)/t11-,12?/m0/s1. The molecule has 0 bridgehead atoms. The average Bonchev–Trinajstić information content (AvgIpc) is 2.34. The molecule has 0 radical (unpaired) electrons. The number of aliphatic hydroxyl groups is 1. The van der Waals surface area contributed by atoms with E-state index in [2.05, 4.69) is 5.32 Å². The van der Waals surface area contributed by atoms with Crippen molar-refractivity contribution in [1.29, 1.82) is 0 Å². The first-order valence-corrected chi connectivity index (χ1v) is 7.23. The van der Waals surface area contributed by atoms with E-state index in [1.807, 2.05) is 13.8 Å². The van der Waals surface area contributed by atoms with Gasteiger partial charge in [-0.3, -0.25) is 4.79 Å². The predicted molar refractivity (Wildman–Crippen MR) is 81.9 cm³/mol. The minimum absolute atomic E-state index is 0.0219. The van der Waals surface area contributed by atoms with Crippen LogP contribution in [0.3, 0.4) is 0 Å². The lowest BCUT2D eigenvalue weighted by atomic mass is 10.0. The van der Waals surface area contributed by atoms with Crippen LogP contribution in [0.4, 0.5) is 0 Å². The lowest BCUT2D eigenvalue weighted by Crippen LogP contribution is -2.42. The topological polar surface area (TPSA) is 75.4 Å². The summed E-state index contributed by atoms with van der Waals surface area (Å²) in [5.41, 5.74) is 6.17. The third-order valence-corrected chi connectivity index (χ3v) is 3.52. The van der Waals surface area contributed by atoms with Gasteiger partial charge < -0.3 is 16.2 Å². The molecule has 0 saturated heterocycles. The fraction of sp³-hybridized carbons (Fsp3) is 0.500. The van der Waals surface area contributed by atoms with E-state index in [4.69, 9.17) is 28.9 Å². The van der Waals surface area contributed by atoms with Crippen molar-refractivity contribution in [3.05, 3.63) is 33.8 Å². The number of benzene rings is 1. The highest BCUT2D eigenvalue weighted by Crippen LogP contribution is 2.29. The molecule has 20 heavy (non-hydrogen) atoms. The van der Waals surface area contributed by atoms with Crippen LogP contribution in [0.15, 0.2) is 18.2 Å². The van der Waals surface area contributed by atoms with E-state index in [0.717, 1.165) is 0 Å². The predicted octanol–water partition coefficient (Wildman–Crippen LogP) is 2.52. The Morgan fingerprint density at radius 3 is 2.40 bits per heavy atom. The molecule has 0 saturated carbocycles. The van der Waals surface area contributed by atoms with Crippen LogP contribution in [0, 0.1) is 5.92 Å². The van der Waals surface area contributed by atoms with Crippen molar-refractivity contribution in [2.75, 3.05) is 6.54 Å². The first kappa shape index (κ1) is 17.2. The molecule has 0 spiro atoms. The SMILES string of the molecule is CC(C)C[C@H](N)C(=O)NCC(O)c1c(Cl)cccc1Cl. The number of nitrogens with two attached hydrogens (primary N) is 1. The summed E-state index contributed by atoms with van der Waals surface area (Å²) in [6.45, 7) is 4.01. The van der Waals surface area contributed by atoms with Crippen molar-refractivity contribution < 1.29 is 9.90 Å². The Morgan fingerprint density at radius 2 is 1.90 bits per heavy atom. The van der Waals surface area contributed by atoms with Gasteiger partial charge >= 0.3 is 0 Å². The average molecular weight is 319 g/mol. The Bertz CT molecular complexity index is 446. The number of hydrogen-bond acceptors (Lipinski definition) is 3. The second-order valence-electron chi connectivity index (χ2n) is 5.13. The zero-order valence-electron chi connectivity index (χ0n) is 11.6. The third kappa shape index (κ3) is 4.94. The lowest BCUT2D eigenvalue weighted by molar-refractivity contribution is -0.123. The largest absolute Gasteiger partial charge is 0.386 e. The van der Waals surface area contributed by atoms with Gasteiger partial charge in [-0.1, -0.05) is 43.1 Å². The van der Waals surface area contributed by atoms with E-state index in [0.29, 0.717) is 27.9 Å². The van der Waals surface area contributed by atoms with E-state index in [1.54, 1.807) is 18.2 Å². The van der Waals surface area contributed by atoms with Crippen molar-refractivity contribution in [3.8, 4) is 0 Å². The van der Waals surface area contributed by atoms with Gasteiger partial charge in [-0.25, -0.2) is 0 Å². The fourth-order valence-electron chi connectivity index (χ4n) is 1.87.